The van der Waals surface area contributed by atoms with Crippen molar-refractivity contribution < 1.29 is 14.3 Å². The Morgan fingerprint density at radius 3 is 2.38 bits per heavy atom. The molecule has 0 aliphatic rings. The van der Waals surface area contributed by atoms with Crippen molar-refractivity contribution >= 4 is 33.4 Å². The summed E-state index contributed by atoms with van der Waals surface area (Å²) in [7, 11) is 3.37. The third-order valence-corrected chi connectivity index (χ3v) is 4.82. The molecule has 0 fully saturated rings. The number of ether oxygens (including phenoxy) is 1. The molecule has 0 aliphatic carbocycles. The van der Waals surface area contributed by atoms with Crippen LogP contribution in [-0.4, -0.2) is 37.4 Å². The van der Waals surface area contributed by atoms with Gasteiger partial charge in [-0.25, -0.2) is 0 Å². The Morgan fingerprint density at radius 1 is 0.931 bits per heavy atom. The number of amides is 2. The van der Waals surface area contributed by atoms with Crippen LogP contribution in [0.15, 0.2) is 77.3 Å². The van der Waals surface area contributed by atoms with Crippen molar-refractivity contribution in [2.45, 2.75) is 0 Å². The third-order valence-electron chi connectivity index (χ3n) is 4.20. The van der Waals surface area contributed by atoms with Crippen LogP contribution in [0.25, 0.3) is 11.1 Å². The van der Waals surface area contributed by atoms with E-state index in [1.54, 1.807) is 38.4 Å². The van der Waals surface area contributed by atoms with Crippen LogP contribution in [0.3, 0.4) is 0 Å². The first-order valence-electron chi connectivity index (χ1n) is 9.03. The summed E-state index contributed by atoms with van der Waals surface area (Å²) >= 11 is 3.50. The molecule has 148 valence electrons. The molecule has 5 nitrogen and oxygen atoms in total. The van der Waals surface area contributed by atoms with Crippen LogP contribution in [0.4, 0.5) is 5.69 Å². The van der Waals surface area contributed by atoms with Crippen LogP contribution >= 0.6 is 15.9 Å². The highest BCUT2D eigenvalue weighted by Gasteiger charge is 2.11. The molecule has 0 heterocycles. The molecule has 3 rings (SSSR count). The van der Waals surface area contributed by atoms with Gasteiger partial charge in [0.15, 0.2) is 6.61 Å². The molecule has 0 bridgehead atoms. The van der Waals surface area contributed by atoms with Gasteiger partial charge in [-0.2, -0.15) is 0 Å². The van der Waals surface area contributed by atoms with Crippen LogP contribution in [-0.2, 0) is 4.79 Å². The SMILES string of the molecule is CN(C)C(=O)c1cccc(NC(=O)COc2ccc(-c3ccccc3)cc2Br)c1. The molecule has 1 N–H and O–H groups in total. The molecule has 0 saturated carbocycles. The van der Waals surface area contributed by atoms with Gasteiger partial charge in [-0.1, -0.05) is 42.5 Å². The van der Waals surface area contributed by atoms with Crippen molar-refractivity contribution in [3.8, 4) is 16.9 Å². The second-order valence-corrected chi connectivity index (χ2v) is 7.48. The number of hydrogen-bond donors (Lipinski definition) is 1. The zero-order chi connectivity index (χ0) is 20.8. The Kier molecular flexibility index (Phi) is 6.67. The van der Waals surface area contributed by atoms with E-state index in [1.165, 1.54) is 4.90 Å². The molecule has 29 heavy (non-hydrogen) atoms. The second-order valence-electron chi connectivity index (χ2n) is 6.63. The third kappa shape index (κ3) is 5.45. The first-order valence-corrected chi connectivity index (χ1v) is 9.82. The minimum absolute atomic E-state index is 0.125. The smallest absolute Gasteiger partial charge is 0.262 e. The van der Waals surface area contributed by atoms with Crippen LogP contribution in [0.2, 0.25) is 0 Å². The largest absolute Gasteiger partial charge is 0.483 e. The number of rotatable bonds is 6. The zero-order valence-electron chi connectivity index (χ0n) is 16.2. The van der Waals surface area contributed by atoms with Gasteiger partial charge in [0.05, 0.1) is 4.47 Å². The molecular weight excluding hydrogens is 432 g/mol. The van der Waals surface area contributed by atoms with Gasteiger partial charge < -0.3 is 15.0 Å². The van der Waals surface area contributed by atoms with E-state index in [1.807, 2.05) is 48.5 Å². The van der Waals surface area contributed by atoms with Crippen molar-refractivity contribution in [1.29, 1.82) is 0 Å². The maximum atomic E-state index is 12.3. The number of hydrogen-bond acceptors (Lipinski definition) is 3. The quantitative estimate of drug-likeness (QED) is 0.582. The van der Waals surface area contributed by atoms with Crippen molar-refractivity contribution in [3.63, 3.8) is 0 Å². The first kappa shape index (κ1) is 20.6. The van der Waals surface area contributed by atoms with Crippen molar-refractivity contribution in [2.75, 3.05) is 26.0 Å². The molecule has 0 aliphatic heterocycles. The molecule has 3 aromatic carbocycles. The molecule has 0 aromatic heterocycles. The van der Waals surface area contributed by atoms with E-state index >= 15 is 0 Å². The Hall–Kier alpha value is -3.12. The first-order chi connectivity index (χ1) is 13.9. The predicted octanol–water partition coefficient (Wildman–Crippen LogP) is 4.84. The van der Waals surface area contributed by atoms with E-state index in [0.717, 1.165) is 15.6 Å². The standard InChI is InChI=1S/C23H21BrN2O3/c1-26(2)23(28)18-9-6-10-19(13-18)25-22(27)15-29-21-12-11-17(14-20(21)24)16-7-4-3-5-8-16/h3-14H,15H2,1-2H3,(H,25,27). The number of nitrogens with one attached hydrogen (secondary N) is 1. The van der Waals surface area contributed by atoms with E-state index < -0.39 is 0 Å². The monoisotopic (exact) mass is 452 g/mol. The van der Waals surface area contributed by atoms with E-state index in [-0.39, 0.29) is 18.4 Å². The van der Waals surface area contributed by atoms with E-state index in [9.17, 15) is 9.59 Å². The zero-order valence-corrected chi connectivity index (χ0v) is 17.8. The van der Waals surface area contributed by atoms with Gasteiger partial charge in [-0.15, -0.1) is 0 Å². The molecule has 0 spiro atoms. The second kappa shape index (κ2) is 9.39. The highest BCUT2D eigenvalue weighted by Crippen LogP contribution is 2.30. The lowest BCUT2D eigenvalue weighted by molar-refractivity contribution is -0.118. The Bertz CT molecular complexity index is 1020. The van der Waals surface area contributed by atoms with Gasteiger partial charge in [0, 0.05) is 25.3 Å². The average molecular weight is 453 g/mol. The number of benzene rings is 3. The number of anilines is 1. The molecule has 0 unspecified atom stereocenters. The van der Waals surface area contributed by atoms with Gasteiger partial charge in [-0.05, 0) is 57.4 Å². The normalized spacial score (nSPS) is 10.3. The van der Waals surface area contributed by atoms with Crippen molar-refractivity contribution in [1.82, 2.24) is 4.90 Å². The van der Waals surface area contributed by atoms with E-state index in [0.29, 0.717) is 17.0 Å². The maximum absolute atomic E-state index is 12.3. The molecule has 3 aromatic rings. The number of halogens is 1. The molecular formula is C23H21BrN2O3. The molecule has 0 atom stereocenters. The highest BCUT2D eigenvalue weighted by molar-refractivity contribution is 9.10. The minimum atomic E-state index is -0.307. The van der Waals surface area contributed by atoms with Crippen LogP contribution in [0.5, 0.6) is 5.75 Å². The van der Waals surface area contributed by atoms with Crippen LogP contribution in [0.1, 0.15) is 10.4 Å². The Morgan fingerprint density at radius 2 is 1.69 bits per heavy atom. The summed E-state index contributed by atoms with van der Waals surface area (Å²) in [6.45, 7) is -0.144. The van der Waals surface area contributed by atoms with Gasteiger partial charge >= 0.3 is 0 Å². The van der Waals surface area contributed by atoms with Gasteiger partial charge in [-0.3, -0.25) is 9.59 Å². The fraction of sp³-hybridized carbons (Fsp3) is 0.130. The summed E-state index contributed by atoms with van der Waals surface area (Å²) in [5.41, 5.74) is 3.21. The van der Waals surface area contributed by atoms with Gasteiger partial charge in [0.1, 0.15) is 5.75 Å². The topological polar surface area (TPSA) is 58.6 Å². The summed E-state index contributed by atoms with van der Waals surface area (Å²) < 4.78 is 6.41. The van der Waals surface area contributed by atoms with E-state index in [2.05, 4.69) is 21.2 Å². The Balaban J connectivity index is 1.61. The van der Waals surface area contributed by atoms with E-state index in [4.69, 9.17) is 4.74 Å². The van der Waals surface area contributed by atoms with Crippen LogP contribution < -0.4 is 10.1 Å². The van der Waals surface area contributed by atoms with Crippen LogP contribution in [0, 0.1) is 0 Å². The Labute approximate surface area is 178 Å². The molecule has 0 saturated heterocycles. The maximum Gasteiger partial charge on any atom is 0.262 e. The number of carbonyl (C=O) groups excluding carboxylic acids is 2. The average Bonchev–Trinajstić information content (AvgIpc) is 2.73. The fourth-order valence-corrected chi connectivity index (χ4v) is 3.25. The van der Waals surface area contributed by atoms with Crippen molar-refractivity contribution in [2.24, 2.45) is 0 Å². The summed E-state index contributed by atoms with van der Waals surface area (Å²) in [4.78, 5) is 25.8. The lowest BCUT2D eigenvalue weighted by Crippen LogP contribution is -2.23. The molecule has 0 radical (unpaired) electrons. The molecule has 6 heteroatoms. The van der Waals surface area contributed by atoms with Crippen molar-refractivity contribution in [3.05, 3.63) is 82.8 Å². The predicted molar refractivity (Wildman–Crippen MR) is 118 cm³/mol. The number of carbonyl (C=O) groups is 2. The number of nitrogens with zero attached hydrogens (tertiary/aromatic N) is 1. The minimum Gasteiger partial charge on any atom is -0.483 e. The fourth-order valence-electron chi connectivity index (χ4n) is 2.76. The molecule has 2 amide bonds. The highest BCUT2D eigenvalue weighted by atomic mass is 79.9. The lowest BCUT2D eigenvalue weighted by Gasteiger charge is -2.12. The van der Waals surface area contributed by atoms with Gasteiger partial charge in [0.2, 0.25) is 0 Å². The summed E-state index contributed by atoms with van der Waals surface area (Å²) in [6, 6.07) is 22.6. The summed E-state index contributed by atoms with van der Waals surface area (Å²) in [5, 5.41) is 2.75. The lowest BCUT2D eigenvalue weighted by atomic mass is 10.1. The summed E-state index contributed by atoms with van der Waals surface area (Å²) in [5.74, 6) is 0.148. The summed E-state index contributed by atoms with van der Waals surface area (Å²) in [6.07, 6.45) is 0. The van der Waals surface area contributed by atoms with Gasteiger partial charge in [0.25, 0.3) is 11.8 Å².